The molecule has 172 valence electrons. The number of benzene rings is 1. The summed E-state index contributed by atoms with van der Waals surface area (Å²) in [6.45, 7) is 3.27. The van der Waals surface area contributed by atoms with Crippen molar-refractivity contribution in [1.29, 1.82) is 0 Å². The lowest BCUT2D eigenvalue weighted by atomic mass is 10.0. The number of halogens is 4. The Balaban J connectivity index is 0.000000423. The fraction of sp³-hybridized carbons (Fsp3) is 0.526. The Labute approximate surface area is 185 Å². The van der Waals surface area contributed by atoms with Crippen LogP contribution in [0, 0.1) is 0 Å². The number of piperazine rings is 1. The molecule has 2 saturated heterocycles. The number of nitrogens with one attached hydrogen (secondary N) is 1. The van der Waals surface area contributed by atoms with Crippen LogP contribution in [-0.4, -0.2) is 78.7 Å². The first-order valence-corrected chi connectivity index (χ1v) is 10.3. The molecule has 31 heavy (non-hydrogen) atoms. The van der Waals surface area contributed by atoms with E-state index in [-0.39, 0.29) is 11.9 Å². The first-order valence-electron chi connectivity index (χ1n) is 9.50. The van der Waals surface area contributed by atoms with Crippen LogP contribution in [0.25, 0.3) is 0 Å². The lowest BCUT2D eigenvalue weighted by Crippen LogP contribution is -2.52. The highest BCUT2D eigenvalue weighted by atomic mass is 79.9. The van der Waals surface area contributed by atoms with Crippen LogP contribution in [0.2, 0.25) is 0 Å². The zero-order chi connectivity index (χ0) is 23.2. The van der Waals surface area contributed by atoms with Gasteiger partial charge in [-0.15, -0.1) is 0 Å². The molecule has 0 radical (unpaired) electrons. The van der Waals surface area contributed by atoms with Gasteiger partial charge in [0.05, 0.1) is 13.2 Å². The van der Waals surface area contributed by atoms with Gasteiger partial charge in [0.15, 0.2) is 0 Å². The van der Waals surface area contributed by atoms with E-state index in [0.717, 1.165) is 41.7 Å². The molecule has 2 heterocycles. The minimum atomic E-state index is -5.08. The second-order valence-electron chi connectivity index (χ2n) is 6.89. The van der Waals surface area contributed by atoms with Crippen LogP contribution in [0.5, 0.6) is 5.75 Å². The van der Waals surface area contributed by atoms with Crippen LogP contribution in [0.4, 0.5) is 13.2 Å². The van der Waals surface area contributed by atoms with Crippen molar-refractivity contribution in [3.05, 3.63) is 28.2 Å². The summed E-state index contributed by atoms with van der Waals surface area (Å²) in [7, 11) is 1.62. The van der Waals surface area contributed by atoms with Crippen molar-refractivity contribution < 1.29 is 37.4 Å². The van der Waals surface area contributed by atoms with Crippen molar-refractivity contribution in [1.82, 2.24) is 15.1 Å². The van der Waals surface area contributed by atoms with Crippen LogP contribution in [0.3, 0.4) is 0 Å². The van der Waals surface area contributed by atoms with Crippen LogP contribution < -0.4 is 10.1 Å². The summed E-state index contributed by atoms with van der Waals surface area (Å²) in [6, 6.07) is 5.70. The van der Waals surface area contributed by atoms with Gasteiger partial charge in [-0.2, -0.15) is 13.2 Å². The number of likely N-dealkylation sites (tertiary alicyclic amines) is 1. The number of amides is 2. The zero-order valence-corrected chi connectivity index (χ0v) is 18.3. The van der Waals surface area contributed by atoms with E-state index in [1.807, 2.05) is 18.2 Å². The standard InChI is InChI=1S/C17H22BrN3O3.C2HF3O2/c1-24-15-11-12(18)4-5-13(15)14-3-2-8-21(14)17(23)16(22)20-9-6-19-7-10-20;3-2(4,5)1(6)7/h4-5,11,14,19H,2-3,6-10H2,1H3;(H,6,7). The van der Waals surface area contributed by atoms with E-state index >= 15 is 0 Å². The molecule has 2 aliphatic rings. The van der Waals surface area contributed by atoms with Crippen LogP contribution in [-0.2, 0) is 14.4 Å². The Morgan fingerprint density at radius 1 is 1.16 bits per heavy atom. The highest BCUT2D eigenvalue weighted by Crippen LogP contribution is 2.38. The van der Waals surface area contributed by atoms with Crippen molar-refractivity contribution in [2.24, 2.45) is 0 Å². The maximum absolute atomic E-state index is 12.8. The number of nitrogens with zero attached hydrogens (tertiary/aromatic N) is 2. The number of alkyl halides is 3. The number of carbonyl (C=O) groups excluding carboxylic acids is 2. The molecule has 12 heteroatoms. The molecular formula is C19H23BrF3N3O5. The van der Waals surface area contributed by atoms with E-state index in [0.29, 0.717) is 19.6 Å². The highest BCUT2D eigenvalue weighted by Gasteiger charge is 2.38. The van der Waals surface area contributed by atoms with Gasteiger partial charge in [0.1, 0.15) is 5.75 Å². The summed E-state index contributed by atoms with van der Waals surface area (Å²) in [5, 5.41) is 10.3. The number of rotatable bonds is 2. The molecule has 1 unspecified atom stereocenters. The minimum absolute atomic E-state index is 0.104. The predicted octanol–water partition coefficient (Wildman–Crippen LogP) is 2.19. The number of methoxy groups -OCH3 is 1. The van der Waals surface area contributed by atoms with Gasteiger partial charge in [-0.05, 0) is 25.0 Å². The van der Waals surface area contributed by atoms with Gasteiger partial charge in [-0.3, -0.25) is 9.59 Å². The molecule has 3 rings (SSSR count). The van der Waals surface area contributed by atoms with E-state index in [2.05, 4.69) is 21.2 Å². The summed E-state index contributed by atoms with van der Waals surface area (Å²) >= 11 is 3.44. The average Bonchev–Trinajstić information content (AvgIpc) is 3.22. The largest absolute Gasteiger partial charge is 0.496 e. The summed E-state index contributed by atoms with van der Waals surface area (Å²) in [6.07, 6.45) is -3.34. The zero-order valence-electron chi connectivity index (χ0n) is 16.7. The van der Waals surface area contributed by atoms with E-state index in [9.17, 15) is 22.8 Å². The number of aliphatic carboxylic acids is 1. The van der Waals surface area contributed by atoms with Gasteiger partial charge in [-0.25, -0.2) is 4.79 Å². The number of hydrogen-bond donors (Lipinski definition) is 2. The first-order chi connectivity index (χ1) is 14.6. The SMILES string of the molecule is COc1cc(Br)ccc1C1CCCN1C(=O)C(=O)N1CCNCC1.O=C(O)C(F)(F)F. The molecule has 2 N–H and O–H groups in total. The Kier molecular flexibility index (Phi) is 8.69. The monoisotopic (exact) mass is 509 g/mol. The first kappa shape index (κ1) is 24.9. The molecule has 0 aromatic heterocycles. The molecule has 0 spiro atoms. The van der Waals surface area contributed by atoms with Crippen molar-refractivity contribution in [2.45, 2.75) is 25.1 Å². The molecule has 1 aromatic carbocycles. The molecule has 2 aliphatic heterocycles. The maximum Gasteiger partial charge on any atom is 0.490 e. The van der Waals surface area contributed by atoms with Crippen molar-refractivity contribution in [3.8, 4) is 5.75 Å². The number of ether oxygens (including phenoxy) is 1. The Hall–Kier alpha value is -2.34. The Bertz CT molecular complexity index is 815. The Morgan fingerprint density at radius 2 is 1.77 bits per heavy atom. The third-order valence-corrected chi connectivity index (χ3v) is 5.39. The molecule has 8 nitrogen and oxygen atoms in total. The van der Waals surface area contributed by atoms with Crippen molar-refractivity contribution in [3.63, 3.8) is 0 Å². The molecule has 2 amide bonds. The molecule has 0 bridgehead atoms. The van der Waals surface area contributed by atoms with Gasteiger partial charge in [-0.1, -0.05) is 22.0 Å². The van der Waals surface area contributed by atoms with Gasteiger partial charge in [0.2, 0.25) is 0 Å². The molecule has 0 saturated carbocycles. The van der Waals surface area contributed by atoms with Crippen LogP contribution in [0.15, 0.2) is 22.7 Å². The summed E-state index contributed by atoms with van der Waals surface area (Å²) < 4.78 is 38.1. The van der Waals surface area contributed by atoms with Gasteiger partial charge < -0.3 is 25.0 Å². The predicted molar refractivity (Wildman–Crippen MR) is 108 cm³/mol. The van der Waals surface area contributed by atoms with Crippen LogP contribution >= 0.6 is 15.9 Å². The quantitative estimate of drug-likeness (QED) is 0.593. The van der Waals surface area contributed by atoms with Crippen molar-refractivity contribution in [2.75, 3.05) is 39.8 Å². The summed E-state index contributed by atoms with van der Waals surface area (Å²) in [5.41, 5.74) is 0.958. The second-order valence-corrected chi connectivity index (χ2v) is 7.80. The lowest BCUT2D eigenvalue weighted by Gasteiger charge is -2.31. The molecule has 1 atom stereocenters. The van der Waals surface area contributed by atoms with Gasteiger partial charge in [0, 0.05) is 42.8 Å². The Morgan fingerprint density at radius 3 is 2.32 bits per heavy atom. The summed E-state index contributed by atoms with van der Waals surface area (Å²) in [5.74, 6) is -2.81. The van der Waals surface area contributed by atoms with Gasteiger partial charge >= 0.3 is 24.0 Å². The van der Waals surface area contributed by atoms with Crippen molar-refractivity contribution >= 4 is 33.7 Å². The number of hydrogen-bond acceptors (Lipinski definition) is 5. The third kappa shape index (κ3) is 6.57. The topological polar surface area (TPSA) is 99.2 Å². The minimum Gasteiger partial charge on any atom is -0.496 e. The fourth-order valence-corrected chi connectivity index (χ4v) is 3.76. The number of carbonyl (C=O) groups is 3. The van der Waals surface area contributed by atoms with E-state index in [1.165, 1.54) is 0 Å². The summed E-state index contributed by atoms with van der Waals surface area (Å²) in [4.78, 5) is 37.5. The maximum atomic E-state index is 12.8. The van der Waals surface area contributed by atoms with Crippen LogP contribution in [0.1, 0.15) is 24.4 Å². The number of carboxylic acid groups (broad SMARTS) is 1. The van der Waals surface area contributed by atoms with E-state index in [1.54, 1.807) is 16.9 Å². The third-order valence-electron chi connectivity index (χ3n) is 4.90. The molecular weight excluding hydrogens is 487 g/mol. The van der Waals surface area contributed by atoms with Gasteiger partial charge in [0.25, 0.3) is 0 Å². The molecule has 2 fully saturated rings. The second kappa shape index (κ2) is 10.8. The fourth-order valence-electron chi connectivity index (χ4n) is 3.42. The lowest BCUT2D eigenvalue weighted by molar-refractivity contribution is -0.192. The van der Waals surface area contributed by atoms with E-state index < -0.39 is 18.1 Å². The molecule has 1 aromatic rings. The molecule has 0 aliphatic carbocycles. The normalized spacial score (nSPS) is 18.8. The average molecular weight is 510 g/mol. The van der Waals surface area contributed by atoms with E-state index in [4.69, 9.17) is 14.6 Å². The highest BCUT2D eigenvalue weighted by molar-refractivity contribution is 9.10. The number of carboxylic acids is 1. The smallest absolute Gasteiger partial charge is 0.490 e.